The lowest BCUT2D eigenvalue weighted by Gasteiger charge is -2.15. The standard InChI is InChI=1S/C22H26ClN3O4/c1-14(2)16-9-8-15(3)12-19(16)30-13-22(29)26-25-21(28)11-10-20(27)24-18-7-5-4-6-17(18)23/h4-9,12,14H,10-11,13H2,1-3H3,(H,24,27)(H,25,28)(H,26,29). The molecule has 2 aromatic rings. The van der Waals surface area contributed by atoms with Gasteiger partial charge in [0.25, 0.3) is 5.91 Å². The first kappa shape index (κ1) is 23.2. The average molecular weight is 432 g/mol. The van der Waals surface area contributed by atoms with Crippen molar-refractivity contribution in [3.63, 3.8) is 0 Å². The molecule has 160 valence electrons. The number of carbonyl (C=O) groups excluding carboxylic acids is 3. The Hall–Kier alpha value is -3.06. The largest absolute Gasteiger partial charge is 0.483 e. The Morgan fingerprint density at radius 2 is 1.63 bits per heavy atom. The summed E-state index contributed by atoms with van der Waals surface area (Å²) in [6.07, 6.45) is -0.142. The number of benzene rings is 2. The lowest BCUT2D eigenvalue weighted by Crippen LogP contribution is -2.44. The second kappa shape index (κ2) is 11.2. The van der Waals surface area contributed by atoms with E-state index in [-0.39, 0.29) is 31.3 Å². The Balaban J connectivity index is 1.72. The quantitative estimate of drug-likeness (QED) is 0.555. The Labute approximate surface area is 181 Å². The minimum atomic E-state index is -0.500. The lowest BCUT2D eigenvalue weighted by molar-refractivity contribution is -0.130. The van der Waals surface area contributed by atoms with Gasteiger partial charge in [-0.05, 0) is 42.2 Å². The molecule has 3 amide bonds. The van der Waals surface area contributed by atoms with Gasteiger partial charge in [0.1, 0.15) is 5.75 Å². The highest BCUT2D eigenvalue weighted by molar-refractivity contribution is 6.33. The second-order valence-corrected chi connectivity index (χ2v) is 7.52. The first-order valence-electron chi connectivity index (χ1n) is 9.61. The van der Waals surface area contributed by atoms with Crippen LogP contribution < -0.4 is 20.9 Å². The zero-order valence-electron chi connectivity index (χ0n) is 17.3. The summed E-state index contributed by atoms with van der Waals surface area (Å²) < 4.78 is 5.61. The SMILES string of the molecule is Cc1ccc(C(C)C)c(OCC(=O)NNC(=O)CCC(=O)Nc2ccccc2Cl)c1. The maximum atomic E-state index is 12.0. The van der Waals surface area contributed by atoms with Crippen LogP contribution in [0.15, 0.2) is 42.5 Å². The van der Waals surface area contributed by atoms with Crippen molar-refractivity contribution < 1.29 is 19.1 Å². The fourth-order valence-electron chi connectivity index (χ4n) is 2.63. The van der Waals surface area contributed by atoms with E-state index in [2.05, 4.69) is 16.2 Å². The molecule has 0 atom stereocenters. The third-order valence-corrected chi connectivity index (χ3v) is 4.55. The van der Waals surface area contributed by atoms with Crippen molar-refractivity contribution in [3.05, 3.63) is 58.6 Å². The van der Waals surface area contributed by atoms with E-state index < -0.39 is 11.8 Å². The molecule has 0 aliphatic heterocycles. The van der Waals surface area contributed by atoms with Crippen molar-refractivity contribution in [2.24, 2.45) is 0 Å². The highest BCUT2D eigenvalue weighted by atomic mass is 35.5. The van der Waals surface area contributed by atoms with Gasteiger partial charge in [0, 0.05) is 12.8 Å². The van der Waals surface area contributed by atoms with Crippen LogP contribution in [0.4, 0.5) is 5.69 Å². The molecule has 0 aromatic heterocycles. The van der Waals surface area contributed by atoms with Gasteiger partial charge in [0.15, 0.2) is 6.61 Å². The number of amides is 3. The number of ether oxygens (including phenoxy) is 1. The molecule has 0 aliphatic rings. The van der Waals surface area contributed by atoms with Crippen LogP contribution in [0.25, 0.3) is 0 Å². The smallest absolute Gasteiger partial charge is 0.276 e. The zero-order chi connectivity index (χ0) is 22.1. The van der Waals surface area contributed by atoms with Crippen LogP contribution >= 0.6 is 11.6 Å². The Kier molecular flexibility index (Phi) is 8.68. The molecule has 0 saturated carbocycles. The monoisotopic (exact) mass is 431 g/mol. The molecule has 7 nitrogen and oxygen atoms in total. The summed E-state index contributed by atoms with van der Waals surface area (Å²) in [4.78, 5) is 35.7. The van der Waals surface area contributed by atoms with Crippen LogP contribution in [-0.4, -0.2) is 24.3 Å². The van der Waals surface area contributed by atoms with Crippen molar-refractivity contribution in [2.75, 3.05) is 11.9 Å². The van der Waals surface area contributed by atoms with E-state index in [0.717, 1.165) is 11.1 Å². The first-order chi connectivity index (χ1) is 14.3. The van der Waals surface area contributed by atoms with Gasteiger partial charge in [-0.25, -0.2) is 0 Å². The van der Waals surface area contributed by atoms with E-state index in [1.807, 2.05) is 39.0 Å². The molecule has 8 heteroatoms. The average Bonchev–Trinajstić information content (AvgIpc) is 2.70. The predicted octanol–water partition coefficient (Wildman–Crippen LogP) is 3.72. The minimum Gasteiger partial charge on any atom is -0.483 e. The highest BCUT2D eigenvalue weighted by Crippen LogP contribution is 2.27. The summed E-state index contributed by atoms with van der Waals surface area (Å²) in [5, 5.41) is 3.04. The number of hydrazine groups is 1. The van der Waals surface area contributed by atoms with Crippen molar-refractivity contribution in [3.8, 4) is 5.75 Å². The van der Waals surface area contributed by atoms with Crippen molar-refractivity contribution in [1.82, 2.24) is 10.9 Å². The number of anilines is 1. The number of hydrogen-bond donors (Lipinski definition) is 3. The molecule has 0 radical (unpaired) electrons. The number of carbonyl (C=O) groups is 3. The molecule has 0 unspecified atom stereocenters. The Bertz CT molecular complexity index is 915. The Morgan fingerprint density at radius 3 is 2.33 bits per heavy atom. The first-order valence-corrected chi connectivity index (χ1v) is 9.99. The van der Waals surface area contributed by atoms with Gasteiger partial charge in [-0.2, -0.15) is 0 Å². The van der Waals surface area contributed by atoms with E-state index in [9.17, 15) is 14.4 Å². The third kappa shape index (κ3) is 7.40. The second-order valence-electron chi connectivity index (χ2n) is 7.11. The number of nitrogens with one attached hydrogen (secondary N) is 3. The highest BCUT2D eigenvalue weighted by Gasteiger charge is 2.12. The summed E-state index contributed by atoms with van der Waals surface area (Å²) in [6.45, 7) is 5.79. The fraction of sp³-hybridized carbons (Fsp3) is 0.318. The minimum absolute atomic E-state index is 0.0511. The summed E-state index contributed by atoms with van der Waals surface area (Å²) in [5.74, 6) is -0.451. The molecule has 0 aliphatic carbocycles. The van der Waals surface area contributed by atoms with Crippen LogP contribution in [0, 0.1) is 6.92 Å². The number of para-hydroxylation sites is 1. The molecule has 0 heterocycles. The molecular formula is C22H26ClN3O4. The molecule has 2 rings (SSSR count). The van der Waals surface area contributed by atoms with Gasteiger partial charge in [-0.15, -0.1) is 0 Å². The fourth-order valence-corrected chi connectivity index (χ4v) is 2.81. The number of halogens is 1. The van der Waals surface area contributed by atoms with Crippen LogP contribution in [0.5, 0.6) is 5.75 Å². The van der Waals surface area contributed by atoms with E-state index >= 15 is 0 Å². The van der Waals surface area contributed by atoms with Gasteiger partial charge >= 0.3 is 0 Å². The van der Waals surface area contributed by atoms with Crippen LogP contribution in [0.2, 0.25) is 5.02 Å². The van der Waals surface area contributed by atoms with Crippen molar-refractivity contribution >= 4 is 35.0 Å². The number of hydrogen-bond acceptors (Lipinski definition) is 4. The topological polar surface area (TPSA) is 96.5 Å². The van der Waals surface area contributed by atoms with Gasteiger partial charge in [-0.1, -0.05) is 49.7 Å². The van der Waals surface area contributed by atoms with Gasteiger partial charge in [0.2, 0.25) is 11.8 Å². The number of rotatable bonds is 8. The van der Waals surface area contributed by atoms with Crippen molar-refractivity contribution in [1.29, 1.82) is 0 Å². The van der Waals surface area contributed by atoms with Gasteiger partial charge < -0.3 is 10.1 Å². The predicted molar refractivity (Wildman–Crippen MR) is 116 cm³/mol. The summed E-state index contributed by atoms with van der Waals surface area (Å²) in [7, 11) is 0. The Morgan fingerprint density at radius 1 is 0.967 bits per heavy atom. The number of aryl methyl sites for hydroxylation is 1. The normalized spacial score (nSPS) is 10.4. The van der Waals surface area contributed by atoms with E-state index in [1.54, 1.807) is 24.3 Å². The molecule has 0 saturated heterocycles. The van der Waals surface area contributed by atoms with Crippen LogP contribution in [0.1, 0.15) is 43.7 Å². The van der Waals surface area contributed by atoms with Gasteiger partial charge in [-0.3, -0.25) is 25.2 Å². The summed E-state index contributed by atoms with van der Waals surface area (Å²) >= 11 is 5.97. The summed E-state index contributed by atoms with van der Waals surface area (Å²) in [5.41, 5.74) is 7.06. The van der Waals surface area contributed by atoms with Crippen LogP contribution in [0.3, 0.4) is 0 Å². The molecular weight excluding hydrogens is 406 g/mol. The van der Waals surface area contributed by atoms with Crippen molar-refractivity contribution in [2.45, 2.75) is 39.5 Å². The molecule has 0 bridgehead atoms. The van der Waals surface area contributed by atoms with Crippen LogP contribution in [-0.2, 0) is 14.4 Å². The molecule has 2 aromatic carbocycles. The molecule has 3 N–H and O–H groups in total. The zero-order valence-corrected chi connectivity index (χ0v) is 18.0. The molecule has 30 heavy (non-hydrogen) atoms. The molecule has 0 fully saturated rings. The summed E-state index contributed by atoms with van der Waals surface area (Å²) in [6, 6.07) is 12.7. The maximum absolute atomic E-state index is 12.0. The third-order valence-electron chi connectivity index (χ3n) is 4.22. The van der Waals surface area contributed by atoms with E-state index in [0.29, 0.717) is 16.5 Å². The van der Waals surface area contributed by atoms with E-state index in [1.165, 1.54) is 0 Å². The molecule has 0 spiro atoms. The van der Waals surface area contributed by atoms with Gasteiger partial charge in [0.05, 0.1) is 10.7 Å². The van der Waals surface area contributed by atoms with E-state index in [4.69, 9.17) is 16.3 Å². The lowest BCUT2D eigenvalue weighted by atomic mass is 10.0. The maximum Gasteiger partial charge on any atom is 0.276 e.